The molecule has 0 bridgehead atoms. The number of aliphatic hydroxyl groups is 1. The second kappa shape index (κ2) is 69.4. The minimum absolute atomic E-state index is 0.104. The Balaban J connectivity index is 5.16. The summed E-state index contributed by atoms with van der Waals surface area (Å²) in [5.74, 6) is 0.319. The Morgan fingerprint density at radius 3 is 0.776 bits per heavy atom. The van der Waals surface area contributed by atoms with Crippen molar-refractivity contribution in [2.24, 2.45) is 17.8 Å². The molecule has 0 amide bonds. The highest BCUT2D eigenvalue weighted by Crippen LogP contribution is 2.45. The van der Waals surface area contributed by atoms with E-state index in [0.717, 1.165) is 120 Å². The van der Waals surface area contributed by atoms with Gasteiger partial charge in [-0.05, 0) is 43.4 Å². The van der Waals surface area contributed by atoms with Gasteiger partial charge in [0.1, 0.15) is 19.3 Å². The number of hydrogen-bond acceptors (Lipinski definition) is 15. The molecule has 7 atom stereocenters. The molecule has 0 heterocycles. The number of rotatable bonds is 77. The first-order valence-corrected chi connectivity index (χ1v) is 43.9. The van der Waals surface area contributed by atoms with E-state index in [2.05, 4.69) is 48.5 Å². The molecule has 0 fully saturated rings. The molecule has 3 N–H and O–H groups in total. The molecule has 17 nitrogen and oxygen atoms in total. The van der Waals surface area contributed by atoms with E-state index in [0.29, 0.717) is 25.7 Å². The lowest BCUT2D eigenvalue weighted by Crippen LogP contribution is -2.30. The molecule has 0 aliphatic carbocycles. The van der Waals surface area contributed by atoms with E-state index in [1.54, 1.807) is 0 Å². The predicted molar refractivity (Wildman–Crippen MR) is 400 cm³/mol. The summed E-state index contributed by atoms with van der Waals surface area (Å²) in [6.07, 6.45) is 57.1. The minimum atomic E-state index is -4.96. The van der Waals surface area contributed by atoms with Gasteiger partial charge in [-0.1, -0.05) is 357 Å². The molecule has 0 rings (SSSR count). The quantitative estimate of drug-likeness (QED) is 0.0222. The van der Waals surface area contributed by atoms with Crippen LogP contribution in [0.4, 0.5) is 0 Å². The Bertz CT molecular complexity index is 1910. The highest BCUT2D eigenvalue weighted by molar-refractivity contribution is 7.47. The summed E-state index contributed by atoms with van der Waals surface area (Å²) in [4.78, 5) is 72.7. The number of phosphoric acid groups is 2. The molecule has 19 heteroatoms. The second-order valence-electron chi connectivity index (χ2n) is 29.4. The van der Waals surface area contributed by atoms with Crippen molar-refractivity contribution in [2.45, 2.75) is 426 Å². The van der Waals surface area contributed by atoms with Crippen LogP contribution in [0.1, 0.15) is 408 Å². The van der Waals surface area contributed by atoms with E-state index >= 15 is 0 Å². The van der Waals surface area contributed by atoms with Crippen LogP contribution >= 0.6 is 15.6 Å². The fraction of sp³-hybridized carbons (Fsp3) is 0.949. The number of esters is 4. The first-order chi connectivity index (χ1) is 47.3. The summed E-state index contributed by atoms with van der Waals surface area (Å²) in [5, 5.41) is 10.6. The normalized spacial score (nSPS) is 14.6. The zero-order valence-electron chi connectivity index (χ0n) is 64.3. The van der Waals surface area contributed by atoms with Crippen LogP contribution in [0.5, 0.6) is 0 Å². The second-order valence-corrected chi connectivity index (χ2v) is 32.3. The molecule has 0 aromatic heterocycles. The third-order valence-corrected chi connectivity index (χ3v) is 21.0. The van der Waals surface area contributed by atoms with Gasteiger partial charge in [0.2, 0.25) is 0 Å². The van der Waals surface area contributed by atoms with Gasteiger partial charge in [0.15, 0.2) is 12.2 Å². The lowest BCUT2D eigenvalue weighted by molar-refractivity contribution is -0.161. The Kier molecular flexibility index (Phi) is 68.1. The summed E-state index contributed by atoms with van der Waals surface area (Å²) >= 11 is 0. The summed E-state index contributed by atoms with van der Waals surface area (Å²) < 4.78 is 68.5. The maximum Gasteiger partial charge on any atom is 0.472 e. The summed E-state index contributed by atoms with van der Waals surface area (Å²) in [6, 6.07) is 0. The van der Waals surface area contributed by atoms with Crippen molar-refractivity contribution in [1.82, 2.24) is 0 Å². The number of hydrogen-bond donors (Lipinski definition) is 3. The van der Waals surface area contributed by atoms with E-state index < -0.39 is 97.5 Å². The topological polar surface area (TPSA) is 237 Å². The summed E-state index contributed by atoms with van der Waals surface area (Å²) in [7, 11) is -9.91. The lowest BCUT2D eigenvalue weighted by Gasteiger charge is -2.21. The molecule has 0 aromatic rings. The Morgan fingerprint density at radius 2 is 0.520 bits per heavy atom. The first-order valence-electron chi connectivity index (χ1n) is 40.9. The largest absolute Gasteiger partial charge is 0.472 e. The molecule has 0 radical (unpaired) electrons. The summed E-state index contributed by atoms with van der Waals surface area (Å²) in [6.45, 7) is 12.0. The highest BCUT2D eigenvalue weighted by Gasteiger charge is 2.30. The van der Waals surface area contributed by atoms with Gasteiger partial charge >= 0.3 is 39.5 Å². The number of unbranched alkanes of at least 4 members (excludes halogenated alkanes) is 43. The first kappa shape index (κ1) is 96.1. The SMILES string of the molecule is CCCCCCCCCC(=O)OC[C@H](COP(=O)(O)OC[C@H](O)COP(=O)(O)OC[C@@H](COC(=O)CCCCCCCCCCCCCCCCC(C)CC)OC(=O)CCCCCCCCCCCCCCCCCCCCC(C)CC)OC(=O)CCCCCCCCCCC(C)C. The molecule has 582 valence electrons. The third kappa shape index (κ3) is 69.8. The number of ether oxygens (including phenoxy) is 4. The Hall–Kier alpha value is -1.94. The number of aliphatic hydroxyl groups excluding tert-OH is 1. The molecule has 0 saturated carbocycles. The average Bonchev–Trinajstić information content (AvgIpc) is 1.66. The number of phosphoric ester groups is 2. The highest BCUT2D eigenvalue weighted by atomic mass is 31.2. The third-order valence-electron chi connectivity index (χ3n) is 19.1. The summed E-state index contributed by atoms with van der Waals surface area (Å²) in [5.41, 5.74) is 0. The van der Waals surface area contributed by atoms with Crippen LogP contribution in [-0.4, -0.2) is 96.7 Å². The Labute approximate surface area is 600 Å². The van der Waals surface area contributed by atoms with Crippen molar-refractivity contribution in [3.63, 3.8) is 0 Å². The van der Waals surface area contributed by atoms with Crippen molar-refractivity contribution >= 4 is 39.5 Å². The van der Waals surface area contributed by atoms with Gasteiger partial charge < -0.3 is 33.8 Å². The van der Waals surface area contributed by atoms with E-state index in [-0.39, 0.29) is 25.7 Å². The molecule has 0 saturated heterocycles. The van der Waals surface area contributed by atoms with Gasteiger partial charge in [0.25, 0.3) is 0 Å². The van der Waals surface area contributed by atoms with Crippen LogP contribution in [0.25, 0.3) is 0 Å². The molecular weight excluding hydrogens is 1280 g/mol. The van der Waals surface area contributed by atoms with E-state index in [9.17, 15) is 43.2 Å². The predicted octanol–water partition coefficient (Wildman–Crippen LogP) is 23.4. The van der Waals surface area contributed by atoms with Gasteiger partial charge in [0, 0.05) is 25.7 Å². The molecular formula is C79H154O17P2. The van der Waals surface area contributed by atoms with Crippen molar-refractivity contribution < 1.29 is 80.2 Å². The maximum atomic E-state index is 13.1. The van der Waals surface area contributed by atoms with Crippen LogP contribution in [0, 0.1) is 17.8 Å². The molecule has 4 unspecified atom stereocenters. The number of carbonyl (C=O) groups is 4. The van der Waals surface area contributed by atoms with Gasteiger partial charge in [-0.15, -0.1) is 0 Å². The molecule has 0 spiro atoms. The molecule has 0 aliphatic rings. The monoisotopic (exact) mass is 1440 g/mol. The fourth-order valence-corrected chi connectivity index (χ4v) is 13.6. The van der Waals surface area contributed by atoms with Crippen molar-refractivity contribution in [1.29, 1.82) is 0 Å². The van der Waals surface area contributed by atoms with Crippen LogP contribution < -0.4 is 0 Å². The van der Waals surface area contributed by atoms with Crippen molar-refractivity contribution in [3.8, 4) is 0 Å². The van der Waals surface area contributed by atoms with Gasteiger partial charge in [0.05, 0.1) is 26.4 Å². The van der Waals surface area contributed by atoms with E-state index in [1.165, 1.54) is 205 Å². The van der Waals surface area contributed by atoms with Crippen LogP contribution in [-0.2, 0) is 65.4 Å². The average molecular weight is 1440 g/mol. The zero-order valence-corrected chi connectivity index (χ0v) is 66.0. The zero-order chi connectivity index (χ0) is 72.3. The molecule has 98 heavy (non-hydrogen) atoms. The van der Waals surface area contributed by atoms with Crippen molar-refractivity contribution in [3.05, 3.63) is 0 Å². The minimum Gasteiger partial charge on any atom is -0.462 e. The van der Waals surface area contributed by atoms with Gasteiger partial charge in [-0.3, -0.25) is 37.3 Å². The smallest absolute Gasteiger partial charge is 0.462 e. The van der Waals surface area contributed by atoms with Crippen LogP contribution in [0.15, 0.2) is 0 Å². The van der Waals surface area contributed by atoms with Crippen molar-refractivity contribution in [2.75, 3.05) is 39.6 Å². The number of carbonyl (C=O) groups excluding carboxylic acids is 4. The lowest BCUT2D eigenvalue weighted by atomic mass is 9.99. The molecule has 0 aromatic carbocycles. The van der Waals surface area contributed by atoms with E-state index in [1.807, 2.05) is 0 Å². The van der Waals surface area contributed by atoms with E-state index in [4.69, 9.17) is 37.0 Å². The molecule has 0 aliphatic heterocycles. The standard InChI is InChI=1S/C79H154O17P2/c1-8-11-12-13-36-46-53-60-76(81)89-66-74(96-79(84)63-56-49-42-35-34-37-43-50-57-70(4)5)68-93-97(85,86)91-64-73(80)65-92-98(87,88)94-69-75(67-90-77(82)61-54-47-40-32-28-24-21-20-23-27-31-39-45-52-59-72(7)10-3)95-78(83)62-55-48-41-33-29-25-19-17-15-14-16-18-22-26-30-38-44-51-58-71(6)9-2/h70-75,80H,8-69H2,1-7H3,(H,85,86)(H,87,88)/t71?,72?,73-,74+,75+/m0/s1. The van der Waals surface area contributed by atoms with Gasteiger partial charge in [-0.2, -0.15) is 0 Å². The Morgan fingerprint density at radius 1 is 0.296 bits per heavy atom. The van der Waals surface area contributed by atoms with Gasteiger partial charge in [-0.25, -0.2) is 9.13 Å². The fourth-order valence-electron chi connectivity index (χ4n) is 12.1. The maximum absolute atomic E-state index is 13.1. The van der Waals surface area contributed by atoms with Crippen LogP contribution in [0.2, 0.25) is 0 Å². The van der Waals surface area contributed by atoms with Crippen LogP contribution in [0.3, 0.4) is 0 Å².